The van der Waals surface area contributed by atoms with Gasteiger partial charge >= 0.3 is 0 Å². The Bertz CT molecular complexity index is 503. The van der Waals surface area contributed by atoms with Crippen molar-refractivity contribution in [1.29, 1.82) is 0 Å². The van der Waals surface area contributed by atoms with Crippen LogP contribution in [0, 0.1) is 18.3 Å². The van der Waals surface area contributed by atoms with Crippen LogP contribution in [0.15, 0.2) is 16.5 Å². The van der Waals surface area contributed by atoms with Gasteiger partial charge in [-0.15, -0.1) is 0 Å². The first kappa shape index (κ1) is 14.6. The number of ether oxygens (including phenoxy) is 1. The highest BCUT2D eigenvalue weighted by Crippen LogP contribution is 2.42. The zero-order chi connectivity index (χ0) is 14.9. The zero-order valence-corrected chi connectivity index (χ0v) is 12.9. The van der Waals surface area contributed by atoms with Gasteiger partial charge in [0.1, 0.15) is 11.5 Å². The van der Waals surface area contributed by atoms with E-state index in [1.54, 1.807) is 7.11 Å². The van der Waals surface area contributed by atoms with Crippen LogP contribution in [0.1, 0.15) is 24.4 Å². The van der Waals surface area contributed by atoms with E-state index in [0.717, 1.165) is 50.5 Å². The number of aryl methyl sites for hydroxylation is 1. The topological polar surface area (TPSA) is 54.7 Å². The van der Waals surface area contributed by atoms with E-state index in [2.05, 4.69) is 10.2 Å². The summed E-state index contributed by atoms with van der Waals surface area (Å²) in [6.07, 6.45) is 2.08. The molecule has 2 fully saturated rings. The number of rotatable bonds is 4. The van der Waals surface area contributed by atoms with Gasteiger partial charge in [0.2, 0.25) is 5.91 Å². The average Bonchev–Trinajstić information content (AvgIpc) is 3.01. The van der Waals surface area contributed by atoms with Gasteiger partial charge in [0, 0.05) is 19.1 Å². The predicted octanol–water partition coefficient (Wildman–Crippen LogP) is 1.56. The molecular formula is C16H24N2O3. The van der Waals surface area contributed by atoms with Crippen molar-refractivity contribution < 1.29 is 13.9 Å². The van der Waals surface area contributed by atoms with Crippen LogP contribution in [0.25, 0.3) is 0 Å². The number of likely N-dealkylation sites (tertiary alicyclic amines) is 1. The Hall–Kier alpha value is -1.33. The number of furan rings is 1. The fraction of sp³-hybridized carbons (Fsp3) is 0.688. The Morgan fingerprint density at radius 3 is 2.81 bits per heavy atom. The molecule has 1 spiro atoms. The van der Waals surface area contributed by atoms with Crippen LogP contribution in [0.4, 0.5) is 0 Å². The summed E-state index contributed by atoms with van der Waals surface area (Å²) in [5.74, 6) is 2.16. The molecule has 1 aromatic heterocycles. The normalized spacial score (nSPS) is 25.4. The number of carbonyl (C=O) groups is 1. The molecule has 116 valence electrons. The Morgan fingerprint density at radius 2 is 2.19 bits per heavy atom. The van der Waals surface area contributed by atoms with Gasteiger partial charge in [0.05, 0.1) is 19.1 Å². The lowest BCUT2D eigenvalue weighted by Gasteiger charge is -2.41. The number of nitrogens with one attached hydrogen (secondary N) is 1. The number of nitrogens with zero attached hydrogens (tertiary/aromatic N) is 1. The van der Waals surface area contributed by atoms with E-state index < -0.39 is 0 Å². The molecule has 1 atom stereocenters. The Labute approximate surface area is 125 Å². The fourth-order valence-electron chi connectivity index (χ4n) is 3.68. The first-order valence-corrected chi connectivity index (χ1v) is 7.67. The van der Waals surface area contributed by atoms with Gasteiger partial charge in [-0.05, 0) is 45.0 Å². The molecule has 0 radical (unpaired) electrons. The van der Waals surface area contributed by atoms with Crippen molar-refractivity contribution in [1.82, 2.24) is 10.2 Å². The third kappa shape index (κ3) is 2.85. The number of piperidine rings is 1. The van der Waals surface area contributed by atoms with Crippen molar-refractivity contribution in [3.8, 4) is 0 Å². The van der Waals surface area contributed by atoms with Gasteiger partial charge in [-0.2, -0.15) is 0 Å². The molecule has 21 heavy (non-hydrogen) atoms. The molecule has 5 nitrogen and oxygen atoms in total. The summed E-state index contributed by atoms with van der Waals surface area (Å²) in [6.45, 7) is 6.18. The second-order valence-corrected chi connectivity index (χ2v) is 6.38. The van der Waals surface area contributed by atoms with Crippen LogP contribution >= 0.6 is 0 Å². The highest BCUT2D eigenvalue weighted by Gasteiger charge is 2.49. The van der Waals surface area contributed by atoms with Crippen molar-refractivity contribution in [3.63, 3.8) is 0 Å². The fourth-order valence-corrected chi connectivity index (χ4v) is 3.68. The Morgan fingerprint density at radius 1 is 1.43 bits per heavy atom. The van der Waals surface area contributed by atoms with Gasteiger partial charge in [-0.25, -0.2) is 0 Å². The van der Waals surface area contributed by atoms with Crippen molar-refractivity contribution in [2.24, 2.45) is 11.3 Å². The SMILES string of the molecule is COCC1C(=O)NCC12CCN(Cc1ccc(C)o1)CC2. The summed E-state index contributed by atoms with van der Waals surface area (Å²) < 4.78 is 10.9. The van der Waals surface area contributed by atoms with Crippen LogP contribution in [0.2, 0.25) is 0 Å². The maximum atomic E-state index is 12.0. The number of carbonyl (C=O) groups excluding carboxylic acids is 1. The van der Waals surface area contributed by atoms with Crippen molar-refractivity contribution in [2.75, 3.05) is 33.4 Å². The lowest BCUT2D eigenvalue weighted by Crippen LogP contribution is -2.45. The molecule has 0 saturated carbocycles. The molecule has 2 aliphatic heterocycles. The number of amides is 1. The summed E-state index contributed by atoms with van der Waals surface area (Å²) in [7, 11) is 1.67. The van der Waals surface area contributed by atoms with E-state index in [1.165, 1.54) is 0 Å². The molecule has 1 aromatic rings. The van der Waals surface area contributed by atoms with Gasteiger partial charge in [-0.1, -0.05) is 0 Å². The highest BCUT2D eigenvalue weighted by atomic mass is 16.5. The maximum absolute atomic E-state index is 12.0. The third-order valence-electron chi connectivity index (χ3n) is 5.03. The minimum atomic E-state index is 0.00973. The second kappa shape index (κ2) is 5.81. The summed E-state index contributed by atoms with van der Waals surface area (Å²) in [5, 5.41) is 3.03. The van der Waals surface area contributed by atoms with E-state index >= 15 is 0 Å². The van der Waals surface area contributed by atoms with Crippen molar-refractivity contribution in [3.05, 3.63) is 23.7 Å². The van der Waals surface area contributed by atoms with Crippen LogP contribution in [-0.4, -0.2) is 44.2 Å². The van der Waals surface area contributed by atoms with Gasteiger partial charge < -0.3 is 14.5 Å². The first-order chi connectivity index (χ1) is 10.1. The van der Waals surface area contributed by atoms with Gasteiger partial charge in [0.25, 0.3) is 0 Å². The van der Waals surface area contributed by atoms with Gasteiger partial charge in [-0.3, -0.25) is 9.69 Å². The summed E-state index contributed by atoms with van der Waals surface area (Å²) in [6, 6.07) is 4.06. The smallest absolute Gasteiger partial charge is 0.226 e. The van der Waals surface area contributed by atoms with Crippen molar-refractivity contribution >= 4 is 5.91 Å². The predicted molar refractivity (Wildman–Crippen MR) is 78.8 cm³/mol. The molecule has 0 bridgehead atoms. The van der Waals surface area contributed by atoms with Crippen LogP contribution in [-0.2, 0) is 16.1 Å². The number of hydrogen-bond donors (Lipinski definition) is 1. The van der Waals surface area contributed by atoms with Crippen molar-refractivity contribution in [2.45, 2.75) is 26.3 Å². The monoisotopic (exact) mass is 292 g/mol. The Kier molecular flexibility index (Phi) is 4.04. The van der Waals surface area contributed by atoms with E-state index in [0.29, 0.717) is 6.61 Å². The molecule has 1 unspecified atom stereocenters. The molecule has 3 heterocycles. The van der Waals surface area contributed by atoms with Crippen LogP contribution < -0.4 is 5.32 Å². The standard InChI is InChI=1S/C16H24N2O3/c1-12-3-4-13(21-12)9-18-7-5-16(6-8-18)11-17-15(19)14(16)10-20-2/h3-4,14H,5-11H2,1-2H3,(H,17,19). The summed E-state index contributed by atoms with van der Waals surface area (Å²) >= 11 is 0. The zero-order valence-electron chi connectivity index (χ0n) is 12.9. The number of methoxy groups -OCH3 is 1. The van der Waals surface area contributed by atoms with Crippen LogP contribution in [0.3, 0.4) is 0 Å². The first-order valence-electron chi connectivity index (χ1n) is 7.67. The van der Waals surface area contributed by atoms with E-state index in [9.17, 15) is 4.79 Å². The molecule has 2 saturated heterocycles. The third-order valence-corrected chi connectivity index (χ3v) is 5.03. The molecule has 1 amide bonds. The molecule has 0 aliphatic carbocycles. The lowest BCUT2D eigenvalue weighted by molar-refractivity contribution is -0.126. The number of hydrogen-bond acceptors (Lipinski definition) is 4. The van der Waals surface area contributed by atoms with E-state index in [1.807, 2.05) is 19.1 Å². The summed E-state index contributed by atoms with van der Waals surface area (Å²) in [4.78, 5) is 14.4. The molecule has 1 N–H and O–H groups in total. The molecule has 2 aliphatic rings. The minimum Gasteiger partial charge on any atom is -0.465 e. The Balaban J connectivity index is 1.60. The largest absolute Gasteiger partial charge is 0.465 e. The summed E-state index contributed by atoms with van der Waals surface area (Å²) in [5.41, 5.74) is 0.0860. The molecular weight excluding hydrogens is 268 g/mol. The highest BCUT2D eigenvalue weighted by molar-refractivity contribution is 5.82. The second-order valence-electron chi connectivity index (χ2n) is 6.38. The molecule has 0 aromatic carbocycles. The maximum Gasteiger partial charge on any atom is 0.226 e. The lowest BCUT2D eigenvalue weighted by atomic mass is 9.71. The van der Waals surface area contributed by atoms with Crippen LogP contribution in [0.5, 0.6) is 0 Å². The van der Waals surface area contributed by atoms with E-state index in [-0.39, 0.29) is 17.2 Å². The average molecular weight is 292 g/mol. The quantitative estimate of drug-likeness (QED) is 0.915. The minimum absolute atomic E-state index is 0.00973. The van der Waals surface area contributed by atoms with E-state index in [4.69, 9.17) is 9.15 Å². The van der Waals surface area contributed by atoms with Gasteiger partial charge in [0.15, 0.2) is 0 Å². The molecule has 3 rings (SSSR count). The molecule has 5 heteroatoms.